The number of aromatic nitrogens is 2. The molecule has 2 aromatic rings. The molecule has 0 bridgehead atoms. The maximum absolute atomic E-state index is 12.2. The maximum Gasteiger partial charge on any atom is 0.253 e. The molecule has 1 amide bonds. The molecule has 2 aromatic heterocycles. The van der Waals surface area contributed by atoms with Crippen LogP contribution < -0.4 is 5.32 Å². The molecule has 0 fully saturated rings. The molecule has 0 atom stereocenters. The Morgan fingerprint density at radius 3 is 2.74 bits per heavy atom. The molecule has 0 radical (unpaired) electrons. The number of amides is 1. The van der Waals surface area contributed by atoms with Crippen LogP contribution in [0.2, 0.25) is 10.2 Å². The number of rotatable bonds is 3. The molecule has 0 saturated carbocycles. The van der Waals surface area contributed by atoms with Crippen LogP contribution in [0.1, 0.15) is 29.2 Å². The highest BCUT2D eigenvalue weighted by molar-refractivity contribution is 7.09. The van der Waals surface area contributed by atoms with E-state index in [1.165, 1.54) is 23.6 Å². The number of thiazole rings is 1. The first kappa shape index (κ1) is 14.2. The quantitative estimate of drug-likeness (QED) is 0.882. The zero-order valence-corrected chi connectivity index (χ0v) is 12.6. The van der Waals surface area contributed by atoms with Gasteiger partial charge < -0.3 is 5.32 Å². The molecule has 0 aliphatic rings. The summed E-state index contributed by atoms with van der Waals surface area (Å²) in [5.41, 5.74) is -0.282. The van der Waals surface area contributed by atoms with E-state index in [1.807, 2.05) is 19.2 Å². The monoisotopic (exact) mass is 315 g/mol. The van der Waals surface area contributed by atoms with Crippen molar-refractivity contribution < 1.29 is 4.79 Å². The van der Waals surface area contributed by atoms with Crippen LogP contribution in [0.15, 0.2) is 23.8 Å². The van der Waals surface area contributed by atoms with Gasteiger partial charge in [0.2, 0.25) is 0 Å². The van der Waals surface area contributed by atoms with Crippen LogP contribution in [-0.4, -0.2) is 15.9 Å². The predicted octanol–water partition coefficient (Wildman–Crippen LogP) is 3.51. The lowest BCUT2D eigenvalue weighted by Crippen LogP contribution is -2.41. The Balaban J connectivity index is 2.24. The molecule has 0 saturated heterocycles. The average Bonchev–Trinajstić information content (AvgIpc) is 2.86. The molecule has 2 rings (SSSR count). The second-order valence-electron chi connectivity index (χ2n) is 4.40. The van der Waals surface area contributed by atoms with Crippen molar-refractivity contribution >= 4 is 40.4 Å². The highest BCUT2D eigenvalue weighted by Crippen LogP contribution is 2.24. The Bertz CT molecular complexity index is 599. The largest absolute Gasteiger partial charge is 0.341 e. The van der Waals surface area contributed by atoms with Gasteiger partial charge in [0.1, 0.15) is 10.2 Å². The third kappa shape index (κ3) is 3.23. The Hall–Kier alpha value is -1.17. The van der Waals surface area contributed by atoms with Crippen molar-refractivity contribution in [3.63, 3.8) is 0 Å². The summed E-state index contributed by atoms with van der Waals surface area (Å²) in [6, 6.07) is 1.44. The van der Waals surface area contributed by atoms with E-state index in [2.05, 4.69) is 15.3 Å². The summed E-state index contributed by atoms with van der Waals surface area (Å²) in [7, 11) is 0. The van der Waals surface area contributed by atoms with E-state index in [0.717, 1.165) is 5.01 Å². The van der Waals surface area contributed by atoms with Gasteiger partial charge in [-0.3, -0.25) is 4.79 Å². The van der Waals surface area contributed by atoms with Gasteiger partial charge in [0.25, 0.3) is 5.91 Å². The van der Waals surface area contributed by atoms with Crippen LogP contribution in [-0.2, 0) is 5.54 Å². The number of hydrogen-bond acceptors (Lipinski definition) is 4. The first-order chi connectivity index (χ1) is 8.90. The van der Waals surface area contributed by atoms with E-state index >= 15 is 0 Å². The third-order valence-corrected chi connectivity index (χ3v) is 4.06. The Morgan fingerprint density at radius 2 is 2.11 bits per heavy atom. The van der Waals surface area contributed by atoms with E-state index in [4.69, 9.17) is 23.2 Å². The minimum atomic E-state index is -0.579. The molecular weight excluding hydrogens is 305 g/mol. The van der Waals surface area contributed by atoms with E-state index in [9.17, 15) is 4.79 Å². The third-order valence-electron chi connectivity index (χ3n) is 2.46. The number of nitrogens with one attached hydrogen (secondary N) is 1. The summed E-state index contributed by atoms with van der Waals surface area (Å²) in [5.74, 6) is -0.311. The van der Waals surface area contributed by atoms with Crippen LogP contribution in [0.25, 0.3) is 0 Å². The van der Waals surface area contributed by atoms with Gasteiger partial charge in [-0.25, -0.2) is 9.97 Å². The fourth-order valence-corrected chi connectivity index (χ4v) is 2.59. The smallest absolute Gasteiger partial charge is 0.253 e. The summed E-state index contributed by atoms with van der Waals surface area (Å²) < 4.78 is 0. The molecule has 0 aliphatic heterocycles. The van der Waals surface area contributed by atoms with Crippen molar-refractivity contribution in [2.75, 3.05) is 0 Å². The fourth-order valence-electron chi connectivity index (χ4n) is 1.52. The molecular formula is C12H11Cl2N3OS. The molecule has 7 heteroatoms. The van der Waals surface area contributed by atoms with Gasteiger partial charge in [0.15, 0.2) is 0 Å². The minimum Gasteiger partial charge on any atom is -0.341 e. The van der Waals surface area contributed by atoms with Gasteiger partial charge in [0.05, 0.1) is 16.1 Å². The Kier molecular flexibility index (Phi) is 4.08. The molecule has 0 unspecified atom stereocenters. The highest BCUT2D eigenvalue weighted by Gasteiger charge is 2.26. The zero-order valence-electron chi connectivity index (χ0n) is 10.3. The summed E-state index contributed by atoms with van der Waals surface area (Å²) in [4.78, 5) is 20.2. The van der Waals surface area contributed by atoms with Crippen molar-refractivity contribution in [1.82, 2.24) is 15.3 Å². The van der Waals surface area contributed by atoms with Crippen molar-refractivity contribution in [3.8, 4) is 0 Å². The minimum absolute atomic E-state index is 0.224. The van der Waals surface area contributed by atoms with Gasteiger partial charge in [-0.15, -0.1) is 11.3 Å². The normalized spacial score (nSPS) is 11.4. The second-order valence-corrected chi connectivity index (χ2v) is 6.09. The lowest BCUT2D eigenvalue weighted by molar-refractivity contribution is 0.0912. The van der Waals surface area contributed by atoms with E-state index in [-0.39, 0.29) is 16.1 Å². The summed E-state index contributed by atoms with van der Waals surface area (Å²) >= 11 is 13.2. The molecule has 4 nitrogen and oxygen atoms in total. The summed E-state index contributed by atoms with van der Waals surface area (Å²) in [6.07, 6.45) is 3.05. The lowest BCUT2D eigenvalue weighted by Gasteiger charge is -2.24. The maximum atomic E-state index is 12.2. The lowest BCUT2D eigenvalue weighted by atomic mass is 10.1. The van der Waals surface area contributed by atoms with Crippen LogP contribution in [0.3, 0.4) is 0 Å². The van der Waals surface area contributed by atoms with E-state index < -0.39 is 5.54 Å². The van der Waals surface area contributed by atoms with Crippen molar-refractivity contribution in [2.45, 2.75) is 19.4 Å². The second kappa shape index (κ2) is 5.45. The number of hydrogen-bond donors (Lipinski definition) is 1. The van der Waals surface area contributed by atoms with Gasteiger partial charge in [0, 0.05) is 17.8 Å². The number of nitrogens with zero attached hydrogens (tertiary/aromatic N) is 2. The zero-order chi connectivity index (χ0) is 14.0. The topological polar surface area (TPSA) is 54.9 Å². The predicted molar refractivity (Wildman–Crippen MR) is 76.9 cm³/mol. The SMILES string of the molecule is CC(C)(NC(=O)c1cc(Cl)ncc1Cl)c1nccs1. The fraction of sp³-hybridized carbons (Fsp3) is 0.250. The average molecular weight is 316 g/mol. The van der Waals surface area contributed by atoms with Crippen molar-refractivity contribution in [2.24, 2.45) is 0 Å². The van der Waals surface area contributed by atoms with E-state index in [1.54, 1.807) is 6.20 Å². The van der Waals surface area contributed by atoms with Gasteiger partial charge in [-0.1, -0.05) is 23.2 Å². The van der Waals surface area contributed by atoms with Crippen LogP contribution >= 0.6 is 34.5 Å². The molecule has 0 aliphatic carbocycles. The Labute approximate surface area is 124 Å². The van der Waals surface area contributed by atoms with Gasteiger partial charge in [-0.2, -0.15) is 0 Å². The summed E-state index contributed by atoms with van der Waals surface area (Å²) in [6.45, 7) is 3.75. The standard InChI is InChI=1S/C12H11Cl2N3OS/c1-12(2,11-15-3-4-19-11)17-10(18)7-5-9(14)16-6-8(7)13/h3-6H,1-2H3,(H,17,18). The van der Waals surface area contributed by atoms with Crippen LogP contribution in [0, 0.1) is 0 Å². The van der Waals surface area contributed by atoms with Gasteiger partial charge in [-0.05, 0) is 19.9 Å². The molecule has 19 heavy (non-hydrogen) atoms. The highest BCUT2D eigenvalue weighted by atomic mass is 35.5. The molecule has 2 heterocycles. The number of halogens is 2. The Morgan fingerprint density at radius 1 is 1.37 bits per heavy atom. The molecule has 1 N–H and O–H groups in total. The van der Waals surface area contributed by atoms with Crippen molar-refractivity contribution in [3.05, 3.63) is 44.6 Å². The first-order valence-electron chi connectivity index (χ1n) is 5.43. The number of carbonyl (C=O) groups excluding carboxylic acids is 1. The number of carbonyl (C=O) groups is 1. The first-order valence-corrected chi connectivity index (χ1v) is 7.07. The molecule has 0 aromatic carbocycles. The van der Waals surface area contributed by atoms with Crippen LogP contribution in [0.5, 0.6) is 0 Å². The van der Waals surface area contributed by atoms with E-state index in [0.29, 0.717) is 5.56 Å². The van der Waals surface area contributed by atoms with Gasteiger partial charge >= 0.3 is 0 Å². The summed E-state index contributed by atoms with van der Waals surface area (Å²) in [5, 5.41) is 6.04. The molecule has 0 spiro atoms. The number of pyridine rings is 1. The molecule has 100 valence electrons. The van der Waals surface area contributed by atoms with Crippen molar-refractivity contribution in [1.29, 1.82) is 0 Å². The van der Waals surface area contributed by atoms with Crippen LogP contribution in [0.4, 0.5) is 0 Å².